The summed E-state index contributed by atoms with van der Waals surface area (Å²) in [6, 6.07) is 1.94. The lowest BCUT2D eigenvalue weighted by Crippen LogP contribution is -2.02. The lowest BCUT2D eigenvalue weighted by atomic mass is 10.3. The highest BCUT2D eigenvalue weighted by Gasteiger charge is 1.96. The summed E-state index contributed by atoms with van der Waals surface area (Å²) in [7, 11) is 0. The fourth-order valence-electron chi connectivity index (χ4n) is 0.740. The van der Waals surface area contributed by atoms with Crippen LogP contribution in [0.1, 0.15) is 13.3 Å². The molecule has 0 saturated carbocycles. The highest BCUT2D eigenvalue weighted by molar-refractivity contribution is 5.26. The van der Waals surface area contributed by atoms with Gasteiger partial charge in [0.2, 0.25) is 0 Å². The first-order valence-corrected chi connectivity index (χ1v) is 4.04. The van der Waals surface area contributed by atoms with Crippen molar-refractivity contribution in [1.29, 1.82) is 0 Å². The second-order valence-electron chi connectivity index (χ2n) is 2.82. The third kappa shape index (κ3) is 3.55. The molecule has 4 heteroatoms. The first kappa shape index (κ1) is 9.51. The molecule has 4 nitrogen and oxygen atoms in total. The van der Waals surface area contributed by atoms with Gasteiger partial charge in [0.1, 0.15) is 5.82 Å². The van der Waals surface area contributed by atoms with E-state index >= 15 is 0 Å². The number of hydrogen-bond acceptors (Lipinski definition) is 4. The van der Waals surface area contributed by atoms with Gasteiger partial charge in [-0.25, -0.2) is 4.98 Å². The van der Waals surface area contributed by atoms with Crippen molar-refractivity contribution >= 4 is 5.82 Å². The average molecular weight is 179 g/mol. The van der Waals surface area contributed by atoms with Crippen LogP contribution in [0.25, 0.3) is 0 Å². The molecule has 0 aliphatic rings. The van der Waals surface area contributed by atoms with Gasteiger partial charge in [-0.1, -0.05) is 5.57 Å². The van der Waals surface area contributed by atoms with Gasteiger partial charge in [0.15, 0.2) is 0 Å². The van der Waals surface area contributed by atoms with E-state index in [-0.39, 0.29) is 0 Å². The Bertz CT molecular complexity index is 299. The largest absolute Gasteiger partial charge is 0.463 e. The third-order valence-electron chi connectivity index (χ3n) is 1.42. The summed E-state index contributed by atoms with van der Waals surface area (Å²) in [5.41, 5.74) is 6.51. The molecular formula is C9H13N3O. The van der Waals surface area contributed by atoms with E-state index in [0.29, 0.717) is 18.4 Å². The summed E-state index contributed by atoms with van der Waals surface area (Å²) in [5.74, 6) is 0.417. The van der Waals surface area contributed by atoms with Crippen molar-refractivity contribution in [3.63, 3.8) is 0 Å². The Hall–Kier alpha value is -1.58. The molecule has 1 aromatic heterocycles. The first-order valence-electron chi connectivity index (χ1n) is 4.04. The van der Waals surface area contributed by atoms with Crippen molar-refractivity contribution < 1.29 is 4.74 Å². The van der Waals surface area contributed by atoms with Crippen LogP contribution < -0.4 is 10.5 Å². The van der Waals surface area contributed by atoms with Crippen LogP contribution in [0.5, 0.6) is 6.01 Å². The molecule has 13 heavy (non-hydrogen) atoms. The minimum Gasteiger partial charge on any atom is -0.463 e. The van der Waals surface area contributed by atoms with Crippen molar-refractivity contribution in [1.82, 2.24) is 9.97 Å². The van der Waals surface area contributed by atoms with Gasteiger partial charge in [0, 0.05) is 12.6 Å². The first-order chi connectivity index (χ1) is 6.18. The molecule has 0 aromatic carbocycles. The lowest BCUT2D eigenvalue weighted by molar-refractivity contribution is 0.296. The number of nitrogens with zero attached hydrogens (tertiary/aromatic N) is 2. The van der Waals surface area contributed by atoms with Crippen LogP contribution in [0.3, 0.4) is 0 Å². The minimum atomic E-state index is 0.321. The van der Waals surface area contributed by atoms with Crippen LogP contribution in [0.15, 0.2) is 24.4 Å². The Morgan fingerprint density at radius 2 is 2.46 bits per heavy atom. The van der Waals surface area contributed by atoms with Crippen LogP contribution in [0.2, 0.25) is 0 Å². The molecule has 0 spiro atoms. The van der Waals surface area contributed by atoms with E-state index in [1.165, 1.54) is 0 Å². The molecule has 0 fully saturated rings. The summed E-state index contributed by atoms with van der Waals surface area (Å²) in [6.07, 6.45) is 2.37. The van der Waals surface area contributed by atoms with E-state index in [1.54, 1.807) is 12.3 Å². The molecule has 1 rings (SSSR count). The Morgan fingerprint density at radius 3 is 3.08 bits per heavy atom. The normalized spacial score (nSPS) is 9.62. The summed E-state index contributed by atoms with van der Waals surface area (Å²) in [4.78, 5) is 7.78. The zero-order valence-electron chi connectivity index (χ0n) is 7.66. The standard InChI is InChI=1S/C9H13N3O/c1-7(2)4-6-13-9-11-5-3-8(10)12-9/h3,5H,1,4,6H2,2H3,(H2,10,11,12). The average Bonchev–Trinajstić information content (AvgIpc) is 2.03. The van der Waals surface area contributed by atoms with Gasteiger partial charge in [0.25, 0.3) is 0 Å². The predicted molar refractivity (Wildman–Crippen MR) is 51.4 cm³/mol. The Morgan fingerprint density at radius 1 is 1.69 bits per heavy atom. The molecule has 0 atom stereocenters. The predicted octanol–water partition coefficient (Wildman–Crippen LogP) is 1.40. The third-order valence-corrected chi connectivity index (χ3v) is 1.42. The maximum atomic E-state index is 5.44. The van der Waals surface area contributed by atoms with E-state index in [0.717, 1.165) is 12.0 Å². The van der Waals surface area contributed by atoms with Crippen LogP contribution >= 0.6 is 0 Å². The lowest BCUT2D eigenvalue weighted by Gasteiger charge is -2.03. The van der Waals surface area contributed by atoms with Crippen LogP contribution in [0.4, 0.5) is 5.82 Å². The Labute approximate surface area is 77.5 Å². The second kappa shape index (κ2) is 4.45. The molecule has 0 radical (unpaired) electrons. The second-order valence-corrected chi connectivity index (χ2v) is 2.82. The van der Waals surface area contributed by atoms with Crippen molar-refractivity contribution in [3.05, 3.63) is 24.4 Å². The SMILES string of the molecule is C=C(C)CCOc1nccc(N)n1. The minimum absolute atomic E-state index is 0.321. The molecule has 0 bridgehead atoms. The van der Waals surface area contributed by atoms with Gasteiger partial charge < -0.3 is 10.5 Å². The van der Waals surface area contributed by atoms with Gasteiger partial charge >= 0.3 is 6.01 Å². The molecule has 1 heterocycles. The number of nitrogens with two attached hydrogens (primary N) is 1. The molecule has 0 aliphatic carbocycles. The van der Waals surface area contributed by atoms with Crippen LogP contribution in [-0.4, -0.2) is 16.6 Å². The zero-order chi connectivity index (χ0) is 9.68. The molecule has 0 saturated heterocycles. The van der Waals surface area contributed by atoms with Gasteiger partial charge in [-0.2, -0.15) is 4.98 Å². The number of rotatable bonds is 4. The van der Waals surface area contributed by atoms with Crippen LogP contribution in [-0.2, 0) is 0 Å². The fraction of sp³-hybridized carbons (Fsp3) is 0.333. The van der Waals surface area contributed by atoms with Crippen LogP contribution in [0, 0.1) is 0 Å². The highest BCUT2D eigenvalue weighted by Crippen LogP contribution is 2.05. The number of nitrogen functional groups attached to an aromatic ring is 1. The van der Waals surface area contributed by atoms with Gasteiger partial charge in [-0.05, 0) is 13.0 Å². The van der Waals surface area contributed by atoms with Crippen molar-refractivity contribution in [3.8, 4) is 6.01 Å². The number of aromatic nitrogens is 2. The smallest absolute Gasteiger partial charge is 0.318 e. The highest BCUT2D eigenvalue weighted by atomic mass is 16.5. The van der Waals surface area contributed by atoms with Gasteiger partial charge in [-0.3, -0.25) is 0 Å². The maximum Gasteiger partial charge on any atom is 0.318 e. The molecule has 0 amide bonds. The monoisotopic (exact) mass is 179 g/mol. The molecule has 0 unspecified atom stereocenters. The molecule has 1 aromatic rings. The van der Waals surface area contributed by atoms with Gasteiger partial charge in [0.05, 0.1) is 6.61 Å². The van der Waals surface area contributed by atoms with E-state index in [9.17, 15) is 0 Å². The summed E-state index contributed by atoms with van der Waals surface area (Å²) in [6.45, 7) is 6.25. The maximum absolute atomic E-state index is 5.44. The summed E-state index contributed by atoms with van der Waals surface area (Å²) in [5, 5.41) is 0. The molecule has 2 N–H and O–H groups in total. The topological polar surface area (TPSA) is 61.0 Å². The number of anilines is 1. The number of ether oxygens (including phenoxy) is 1. The Kier molecular flexibility index (Phi) is 3.25. The fourth-order valence-corrected chi connectivity index (χ4v) is 0.740. The molecule has 0 aliphatic heterocycles. The van der Waals surface area contributed by atoms with Crippen molar-refractivity contribution in [2.24, 2.45) is 0 Å². The van der Waals surface area contributed by atoms with Gasteiger partial charge in [-0.15, -0.1) is 6.58 Å². The summed E-state index contributed by atoms with van der Waals surface area (Å²) >= 11 is 0. The van der Waals surface area contributed by atoms with E-state index in [2.05, 4.69) is 16.5 Å². The van der Waals surface area contributed by atoms with Crippen molar-refractivity contribution in [2.75, 3.05) is 12.3 Å². The quantitative estimate of drug-likeness (QED) is 0.710. The Balaban J connectivity index is 2.41. The zero-order valence-corrected chi connectivity index (χ0v) is 7.66. The molecular weight excluding hydrogens is 166 g/mol. The summed E-state index contributed by atoms with van der Waals surface area (Å²) < 4.78 is 5.23. The molecule has 70 valence electrons. The van der Waals surface area contributed by atoms with E-state index in [1.807, 2.05) is 6.92 Å². The number of hydrogen-bond donors (Lipinski definition) is 1. The van der Waals surface area contributed by atoms with E-state index in [4.69, 9.17) is 10.5 Å². The van der Waals surface area contributed by atoms with E-state index < -0.39 is 0 Å². The van der Waals surface area contributed by atoms with Crippen molar-refractivity contribution in [2.45, 2.75) is 13.3 Å².